The van der Waals surface area contributed by atoms with Gasteiger partial charge >= 0.3 is 5.69 Å². The first kappa shape index (κ1) is 13.3. The van der Waals surface area contributed by atoms with E-state index in [9.17, 15) is 19.8 Å². The molecular formula is C10H14N2O5S. The van der Waals surface area contributed by atoms with Gasteiger partial charge in [0.25, 0.3) is 5.56 Å². The Kier molecular flexibility index (Phi) is 3.62. The molecule has 18 heavy (non-hydrogen) atoms. The van der Waals surface area contributed by atoms with Gasteiger partial charge in [0.1, 0.15) is 11.5 Å². The molecule has 2 heterocycles. The number of thioether (sulfide) groups is 1. The molecule has 0 unspecified atom stereocenters. The Balaban J connectivity index is 2.42. The van der Waals surface area contributed by atoms with Crippen molar-refractivity contribution in [1.29, 1.82) is 0 Å². The number of aliphatic hydroxyl groups is 3. The molecule has 1 aliphatic heterocycles. The Hall–Kier alpha value is -1.09. The van der Waals surface area contributed by atoms with Crippen molar-refractivity contribution in [3.63, 3.8) is 0 Å². The predicted molar refractivity (Wildman–Crippen MR) is 65.6 cm³/mol. The van der Waals surface area contributed by atoms with Crippen LogP contribution in [0.15, 0.2) is 15.8 Å². The highest BCUT2D eigenvalue weighted by molar-refractivity contribution is 8.00. The number of aromatic amines is 1. The quantitative estimate of drug-likeness (QED) is 0.504. The summed E-state index contributed by atoms with van der Waals surface area (Å²) in [5.74, 6) is 0. The molecule has 1 aromatic heterocycles. The smallest absolute Gasteiger partial charge is 0.329 e. The van der Waals surface area contributed by atoms with Crippen LogP contribution in [0.3, 0.4) is 0 Å². The van der Waals surface area contributed by atoms with Crippen molar-refractivity contribution in [2.45, 2.75) is 29.8 Å². The highest BCUT2D eigenvalue weighted by atomic mass is 32.2. The van der Waals surface area contributed by atoms with E-state index in [4.69, 9.17) is 5.11 Å². The van der Waals surface area contributed by atoms with E-state index < -0.39 is 34.1 Å². The second-order valence-corrected chi connectivity index (χ2v) is 5.57. The molecule has 0 aromatic carbocycles. The lowest BCUT2D eigenvalue weighted by Crippen LogP contribution is -2.38. The molecular weight excluding hydrogens is 260 g/mol. The summed E-state index contributed by atoms with van der Waals surface area (Å²) in [6.07, 6.45) is -0.937. The number of aromatic nitrogens is 2. The Bertz CT molecular complexity index is 554. The first-order valence-corrected chi connectivity index (χ1v) is 6.34. The molecule has 1 aromatic rings. The SMILES string of the molecule is Cc1cn([C@H]2S[C@@H](CO)[C@@H](O)[C@H]2O)c(=O)[nH]c1=O. The molecule has 4 atom stereocenters. The standard InChI is InChI=1S/C10H14N2O5S/c1-4-2-12(10(17)11-8(4)16)9-7(15)6(14)5(3-13)18-9/h2,5-7,9,13-15H,3H2,1H3,(H,11,16,17)/t5-,6+,7+,9-/m0/s1. The number of H-pyrrole nitrogens is 1. The summed E-state index contributed by atoms with van der Waals surface area (Å²) in [5.41, 5.74) is -0.787. The maximum absolute atomic E-state index is 11.7. The summed E-state index contributed by atoms with van der Waals surface area (Å²) in [4.78, 5) is 25.0. The molecule has 8 heteroatoms. The molecule has 0 spiro atoms. The predicted octanol–water partition coefficient (Wildman–Crippen LogP) is -1.83. The van der Waals surface area contributed by atoms with E-state index >= 15 is 0 Å². The van der Waals surface area contributed by atoms with Crippen molar-refractivity contribution < 1.29 is 15.3 Å². The Labute approximate surface area is 106 Å². The minimum atomic E-state index is -1.17. The van der Waals surface area contributed by atoms with Gasteiger partial charge in [-0.05, 0) is 6.92 Å². The lowest BCUT2D eigenvalue weighted by atomic mass is 10.1. The molecule has 0 bridgehead atoms. The summed E-state index contributed by atoms with van der Waals surface area (Å²) in [5, 5.41) is 27.3. The maximum Gasteiger partial charge on any atom is 0.329 e. The van der Waals surface area contributed by atoms with E-state index in [2.05, 4.69) is 4.98 Å². The van der Waals surface area contributed by atoms with E-state index in [1.807, 2.05) is 0 Å². The molecule has 0 saturated carbocycles. The average molecular weight is 274 g/mol. The largest absolute Gasteiger partial charge is 0.395 e. The number of aliphatic hydroxyl groups excluding tert-OH is 3. The van der Waals surface area contributed by atoms with Crippen molar-refractivity contribution in [3.8, 4) is 0 Å². The number of rotatable bonds is 2. The third kappa shape index (κ3) is 2.12. The van der Waals surface area contributed by atoms with Crippen LogP contribution in [-0.4, -0.2) is 48.9 Å². The molecule has 0 aliphatic carbocycles. The molecule has 100 valence electrons. The van der Waals surface area contributed by atoms with E-state index in [1.165, 1.54) is 10.8 Å². The fraction of sp³-hybridized carbons (Fsp3) is 0.600. The summed E-state index contributed by atoms with van der Waals surface area (Å²) in [7, 11) is 0. The third-order valence-electron chi connectivity index (χ3n) is 2.94. The topological polar surface area (TPSA) is 116 Å². The zero-order valence-corrected chi connectivity index (χ0v) is 10.4. The van der Waals surface area contributed by atoms with Gasteiger partial charge in [-0.1, -0.05) is 0 Å². The van der Waals surface area contributed by atoms with E-state index in [0.29, 0.717) is 5.56 Å². The normalized spacial score (nSPS) is 31.8. The Morgan fingerprint density at radius 2 is 2.06 bits per heavy atom. The zero-order chi connectivity index (χ0) is 13.4. The van der Waals surface area contributed by atoms with Crippen molar-refractivity contribution in [3.05, 3.63) is 32.6 Å². The average Bonchev–Trinajstić information content (AvgIpc) is 2.61. The third-order valence-corrected chi connectivity index (χ3v) is 4.50. The fourth-order valence-electron chi connectivity index (χ4n) is 1.88. The monoisotopic (exact) mass is 274 g/mol. The molecule has 1 aliphatic rings. The second-order valence-electron chi connectivity index (χ2n) is 4.21. The van der Waals surface area contributed by atoms with Gasteiger partial charge in [-0.3, -0.25) is 14.3 Å². The Morgan fingerprint density at radius 1 is 1.39 bits per heavy atom. The fourth-order valence-corrected chi connectivity index (χ4v) is 3.26. The van der Waals surface area contributed by atoms with Gasteiger partial charge in [0.05, 0.1) is 18.0 Å². The highest BCUT2D eigenvalue weighted by Crippen LogP contribution is 2.40. The maximum atomic E-state index is 11.7. The van der Waals surface area contributed by atoms with Crippen LogP contribution in [-0.2, 0) is 0 Å². The lowest BCUT2D eigenvalue weighted by Gasteiger charge is -2.17. The van der Waals surface area contributed by atoms with Crippen molar-refractivity contribution >= 4 is 11.8 Å². The number of hydrogen-bond acceptors (Lipinski definition) is 6. The van der Waals surface area contributed by atoms with E-state index in [-0.39, 0.29) is 6.61 Å². The van der Waals surface area contributed by atoms with Gasteiger partial charge in [0.15, 0.2) is 0 Å². The van der Waals surface area contributed by atoms with Crippen molar-refractivity contribution in [1.82, 2.24) is 9.55 Å². The van der Waals surface area contributed by atoms with E-state index in [1.54, 1.807) is 6.92 Å². The molecule has 7 nitrogen and oxygen atoms in total. The van der Waals surface area contributed by atoms with Crippen LogP contribution in [0.1, 0.15) is 10.9 Å². The van der Waals surface area contributed by atoms with Gasteiger partial charge in [-0.15, -0.1) is 11.8 Å². The van der Waals surface area contributed by atoms with Crippen LogP contribution in [0.4, 0.5) is 0 Å². The van der Waals surface area contributed by atoms with Gasteiger partial charge < -0.3 is 15.3 Å². The van der Waals surface area contributed by atoms with Crippen LogP contribution < -0.4 is 11.2 Å². The van der Waals surface area contributed by atoms with Gasteiger partial charge in [-0.25, -0.2) is 4.79 Å². The number of aryl methyl sites for hydroxylation is 1. The van der Waals surface area contributed by atoms with Crippen LogP contribution in [0, 0.1) is 6.92 Å². The molecule has 0 amide bonds. The first-order chi connectivity index (χ1) is 8.45. The second kappa shape index (κ2) is 4.88. The molecule has 1 fully saturated rings. The van der Waals surface area contributed by atoms with Crippen LogP contribution in [0.25, 0.3) is 0 Å². The van der Waals surface area contributed by atoms with Gasteiger partial charge in [-0.2, -0.15) is 0 Å². The van der Waals surface area contributed by atoms with Gasteiger partial charge in [0.2, 0.25) is 0 Å². The lowest BCUT2D eigenvalue weighted by molar-refractivity contribution is 0.0101. The summed E-state index contributed by atoms with van der Waals surface area (Å²) in [6, 6.07) is 0. The summed E-state index contributed by atoms with van der Waals surface area (Å²) >= 11 is 1.10. The highest BCUT2D eigenvalue weighted by Gasteiger charge is 2.43. The van der Waals surface area contributed by atoms with Crippen molar-refractivity contribution in [2.75, 3.05) is 6.61 Å². The van der Waals surface area contributed by atoms with Crippen LogP contribution in [0.2, 0.25) is 0 Å². The van der Waals surface area contributed by atoms with E-state index in [0.717, 1.165) is 11.8 Å². The van der Waals surface area contributed by atoms with Gasteiger partial charge in [0, 0.05) is 11.8 Å². The first-order valence-electron chi connectivity index (χ1n) is 5.40. The minimum Gasteiger partial charge on any atom is -0.395 e. The van der Waals surface area contributed by atoms with Crippen LogP contribution in [0.5, 0.6) is 0 Å². The molecule has 4 N–H and O–H groups in total. The van der Waals surface area contributed by atoms with Crippen LogP contribution >= 0.6 is 11.8 Å². The zero-order valence-electron chi connectivity index (χ0n) is 9.61. The molecule has 0 radical (unpaired) electrons. The van der Waals surface area contributed by atoms with Crippen molar-refractivity contribution in [2.24, 2.45) is 0 Å². The number of nitrogens with one attached hydrogen (secondary N) is 1. The Morgan fingerprint density at radius 3 is 2.61 bits per heavy atom. The molecule has 1 saturated heterocycles. The molecule has 2 rings (SSSR count). The summed E-state index contributed by atoms with van der Waals surface area (Å²) in [6.45, 7) is 1.25. The number of nitrogens with zero attached hydrogens (tertiary/aromatic N) is 1. The summed E-state index contributed by atoms with van der Waals surface area (Å²) < 4.78 is 1.17. The minimum absolute atomic E-state index is 0.295. The number of hydrogen-bond donors (Lipinski definition) is 4.